The predicted molar refractivity (Wildman–Crippen MR) is 48.9 cm³/mol. The van der Waals surface area contributed by atoms with Gasteiger partial charge in [0.1, 0.15) is 0 Å². The Labute approximate surface area is 73.9 Å². The van der Waals surface area contributed by atoms with Crippen LogP contribution < -0.4 is 10.6 Å². The monoisotopic (exact) mass is 170 g/mol. The molecule has 1 amide bonds. The van der Waals surface area contributed by atoms with Gasteiger partial charge in [-0.25, -0.2) is 0 Å². The lowest BCUT2D eigenvalue weighted by Gasteiger charge is -2.10. The zero-order valence-electron chi connectivity index (χ0n) is 7.89. The van der Waals surface area contributed by atoms with Gasteiger partial charge in [0, 0.05) is 19.5 Å². The average Bonchev–Trinajstić information content (AvgIpc) is 2.48. The molecule has 0 spiro atoms. The largest absolute Gasteiger partial charge is 0.356 e. The number of amides is 1. The summed E-state index contributed by atoms with van der Waals surface area (Å²) >= 11 is 0. The van der Waals surface area contributed by atoms with Crippen molar-refractivity contribution in [3.8, 4) is 0 Å². The van der Waals surface area contributed by atoms with E-state index in [1.807, 2.05) is 7.05 Å². The van der Waals surface area contributed by atoms with E-state index in [9.17, 15) is 4.79 Å². The lowest BCUT2D eigenvalue weighted by atomic mass is 10.1. The molecular formula is C9H18N2O. The van der Waals surface area contributed by atoms with Gasteiger partial charge in [0.25, 0.3) is 0 Å². The molecule has 3 heteroatoms. The molecule has 12 heavy (non-hydrogen) atoms. The first kappa shape index (κ1) is 9.52. The molecule has 0 bridgehead atoms. The van der Waals surface area contributed by atoms with Gasteiger partial charge in [-0.3, -0.25) is 4.79 Å². The lowest BCUT2D eigenvalue weighted by molar-refractivity contribution is -0.119. The number of hydrogen-bond acceptors (Lipinski definition) is 2. The molecule has 0 aromatic heterocycles. The normalized spacial score (nSPS) is 28.8. The van der Waals surface area contributed by atoms with Crippen molar-refractivity contribution in [2.24, 2.45) is 5.92 Å². The highest BCUT2D eigenvalue weighted by Crippen LogP contribution is 2.24. The summed E-state index contributed by atoms with van der Waals surface area (Å²) in [5, 5.41) is 6.13. The molecular weight excluding hydrogens is 152 g/mol. The van der Waals surface area contributed by atoms with E-state index in [1.54, 1.807) is 6.92 Å². The average molecular weight is 170 g/mol. The van der Waals surface area contributed by atoms with E-state index < -0.39 is 0 Å². The standard InChI is InChI=1S/C9H18N2O/c1-7(12)11-6-8-3-4-9(5-8)10-2/h8-10H,3-6H2,1-2H3,(H,11,12). The van der Waals surface area contributed by atoms with Gasteiger partial charge in [-0.2, -0.15) is 0 Å². The maximum Gasteiger partial charge on any atom is 0.216 e. The number of hydrogen-bond donors (Lipinski definition) is 2. The first-order valence-electron chi connectivity index (χ1n) is 4.64. The first-order valence-corrected chi connectivity index (χ1v) is 4.64. The van der Waals surface area contributed by atoms with Crippen LogP contribution in [0.5, 0.6) is 0 Å². The highest BCUT2D eigenvalue weighted by atomic mass is 16.1. The van der Waals surface area contributed by atoms with E-state index in [-0.39, 0.29) is 5.91 Å². The molecule has 1 fully saturated rings. The number of nitrogens with one attached hydrogen (secondary N) is 2. The predicted octanol–water partition coefficient (Wildman–Crippen LogP) is 0.511. The number of carbonyl (C=O) groups is 1. The molecule has 3 nitrogen and oxygen atoms in total. The van der Waals surface area contributed by atoms with Gasteiger partial charge in [0.15, 0.2) is 0 Å². The van der Waals surface area contributed by atoms with Crippen molar-refractivity contribution in [3.05, 3.63) is 0 Å². The van der Waals surface area contributed by atoms with Crippen LogP contribution in [0, 0.1) is 5.92 Å². The molecule has 1 saturated carbocycles. The first-order chi connectivity index (χ1) is 5.72. The summed E-state index contributed by atoms with van der Waals surface area (Å²) in [5.41, 5.74) is 0. The van der Waals surface area contributed by atoms with Crippen LogP contribution in [0.3, 0.4) is 0 Å². The van der Waals surface area contributed by atoms with Crippen LogP contribution in [0.1, 0.15) is 26.2 Å². The second-order valence-electron chi connectivity index (χ2n) is 3.60. The summed E-state index contributed by atoms with van der Waals surface area (Å²) in [4.78, 5) is 10.6. The summed E-state index contributed by atoms with van der Waals surface area (Å²) in [7, 11) is 2.01. The Morgan fingerprint density at radius 2 is 2.25 bits per heavy atom. The Bertz CT molecular complexity index is 159. The van der Waals surface area contributed by atoms with Gasteiger partial charge in [0.05, 0.1) is 0 Å². The highest BCUT2D eigenvalue weighted by Gasteiger charge is 2.22. The van der Waals surface area contributed by atoms with Crippen LogP contribution in [0.2, 0.25) is 0 Å². The molecule has 2 N–H and O–H groups in total. The zero-order valence-corrected chi connectivity index (χ0v) is 7.89. The van der Waals surface area contributed by atoms with Crippen LogP contribution in [0.15, 0.2) is 0 Å². The van der Waals surface area contributed by atoms with Crippen molar-refractivity contribution in [2.45, 2.75) is 32.2 Å². The van der Waals surface area contributed by atoms with Crippen molar-refractivity contribution in [1.29, 1.82) is 0 Å². The molecule has 0 radical (unpaired) electrons. The van der Waals surface area contributed by atoms with Gasteiger partial charge in [0.2, 0.25) is 5.91 Å². The fourth-order valence-electron chi connectivity index (χ4n) is 1.81. The van der Waals surface area contributed by atoms with Crippen LogP contribution >= 0.6 is 0 Å². The number of carbonyl (C=O) groups excluding carboxylic acids is 1. The summed E-state index contributed by atoms with van der Waals surface area (Å²) in [6.45, 7) is 2.43. The van der Waals surface area contributed by atoms with Crippen LogP contribution in [0.4, 0.5) is 0 Å². The van der Waals surface area contributed by atoms with E-state index in [0.29, 0.717) is 12.0 Å². The second-order valence-corrected chi connectivity index (χ2v) is 3.60. The Morgan fingerprint density at radius 3 is 2.75 bits per heavy atom. The van der Waals surface area contributed by atoms with Gasteiger partial charge >= 0.3 is 0 Å². The summed E-state index contributed by atoms with van der Waals surface area (Å²) in [6.07, 6.45) is 3.70. The molecule has 0 heterocycles. The fourth-order valence-corrected chi connectivity index (χ4v) is 1.81. The lowest BCUT2D eigenvalue weighted by Crippen LogP contribution is -2.27. The van der Waals surface area contributed by atoms with Crippen molar-refractivity contribution in [2.75, 3.05) is 13.6 Å². The van der Waals surface area contributed by atoms with E-state index >= 15 is 0 Å². The van der Waals surface area contributed by atoms with Gasteiger partial charge in [-0.1, -0.05) is 0 Å². The minimum atomic E-state index is 0.0860. The maximum atomic E-state index is 10.6. The molecule has 0 saturated heterocycles. The highest BCUT2D eigenvalue weighted by molar-refractivity contribution is 5.72. The van der Waals surface area contributed by atoms with Gasteiger partial charge in [-0.05, 0) is 32.2 Å². The summed E-state index contributed by atoms with van der Waals surface area (Å²) in [6, 6.07) is 0.670. The molecule has 0 aliphatic heterocycles. The molecule has 70 valence electrons. The van der Waals surface area contributed by atoms with Crippen LogP contribution in [0.25, 0.3) is 0 Å². The molecule has 1 aliphatic rings. The Kier molecular flexibility index (Phi) is 3.53. The molecule has 1 rings (SSSR count). The Balaban J connectivity index is 2.15. The van der Waals surface area contributed by atoms with E-state index in [4.69, 9.17) is 0 Å². The molecule has 2 atom stereocenters. The maximum absolute atomic E-state index is 10.6. The van der Waals surface area contributed by atoms with Crippen molar-refractivity contribution >= 4 is 5.91 Å². The van der Waals surface area contributed by atoms with Crippen molar-refractivity contribution in [1.82, 2.24) is 10.6 Å². The molecule has 1 aliphatic carbocycles. The zero-order chi connectivity index (χ0) is 8.97. The van der Waals surface area contributed by atoms with Crippen molar-refractivity contribution in [3.63, 3.8) is 0 Å². The molecule has 0 aromatic carbocycles. The molecule has 2 unspecified atom stereocenters. The third-order valence-electron chi connectivity index (χ3n) is 2.59. The smallest absolute Gasteiger partial charge is 0.216 e. The minimum absolute atomic E-state index is 0.0860. The third kappa shape index (κ3) is 2.81. The van der Waals surface area contributed by atoms with Gasteiger partial charge in [-0.15, -0.1) is 0 Å². The van der Waals surface area contributed by atoms with Crippen molar-refractivity contribution < 1.29 is 4.79 Å². The van der Waals surface area contributed by atoms with Crippen LogP contribution in [-0.2, 0) is 4.79 Å². The quantitative estimate of drug-likeness (QED) is 0.648. The van der Waals surface area contributed by atoms with E-state index in [2.05, 4.69) is 10.6 Å². The minimum Gasteiger partial charge on any atom is -0.356 e. The van der Waals surface area contributed by atoms with E-state index in [1.165, 1.54) is 19.3 Å². The molecule has 0 aromatic rings. The SMILES string of the molecule is CNC1CCC(CNC(C)=O)C1. The topological polar surface area (TPSA) is 41.1 Å². The van der Waals surface area contributed by atoms with Crippen LogP contribution in [-0.4, -0.2) is 25.5 Å². The summed E-state index contributed by atoms with van der Waals surface area (Å²) in [5.74, 6) is 0.772. The summed E-state index contributed by atoms with van der Waals surface area (Å²) < 4.78 is 0. The van der Waals surface area contributed by atoms with E-state index in [0.717, 1.165) is 6.54 Å². The Hall–Kier alpha value is -0.570. The third-order valence-corrected chi connectivity index (χ3v) is 2.59. The fraction of sp³-hybridized carbons (Fsp3) is 0.889. The number of rotatable bonds is 3. The second kappa shape index (κ2) is 4.45. The van der Waals surface area contributed by atoms with Gasteiger partial charge < -0.3 is 10.6 Å². The Morgan fingerprint density at radius 1 is 1.50 bits per heavy atom.